The molecule has 0 aromatic heterocycles. The summed E-state index contributed by atoms with van der Waals surface area (Å²) in [6, 6.07) is 4.75. The summed E-state index contributed by atoms with van der Waals surface area (Å²) in [5.41, 5.74) is 0.156. The monoisotopic (exact) mass is 231 g/mol. The number of nitrogens with zero attached hydrogens (tertiary/aromatic N) is 1. The molecule has 0 aliphatic rings. The normalized spacial score (nSPS) is 9.08. The van der Waals surface area contributed by atoms with Crippen LogP contribution in [0.25, 0.3) is 0 Å². The first-order valence-corrected chi connectivity index (χ1v) is 4.39. The smallest absolute Gasteiger partial charge is 0.266 e. The first kappa shape index (κ1) is 10.4. The number of amides is 1. The van der Waals surface area contributed by atoms with Crippen LogP contribution in [0.1, 0.15) is 10.4 Å². The Morgan fingerprint density at radius 2 is 1.92 bits per heavy atom. The average Bonchev–Trinajstić information content (AvgIpc) is 2.04. The van der Waals surface area contributed by atoms with Gasteiger partial charge in [-0.1, -0.05) is 29.3 Å². The van der Waals surface area contributed by atoms with Crippen molar-refractivity contribution >= 4 is 46.5 Å². The third-order valence-electron chi connectivity index (χ3n) is 1.32. The third-order valence-corrected chi connectivity index (χ3v) is 2.05. The zero-order chi connectivity index (χ0) is 9.84. The van der Waals surface area contributed by atoms with Crippen molar-refractivity contribution in [1.29, 1.82) is 0 Å². The Balaban J connectivity index is 3.27. The number of isothiocyanates is 1. The van der Waals surface area contributed by atoms with Crippen molar-refractivity contribution in [3.8, 4) is 0 Å². The van der Waals surface area contributed by atoms with Gasteiger partial charge in [0.1, 0.15) is 0 Å². The maximum Gasteiger partial charge on any atom is 0.288 e. The first-order chi connectivity index (χ1) is 6.16. The Hall–Kier alpha value is -0.730. The Labute approximate surface area is 90.2 Å². The molecule has 5 heteroatoms. The van der Waals surface area contributed by atoms with Crippen LogP contribution in [0.4, 0.5) is 0 Å². The van der Waals surface area contributed by atoms with Crippen molar-refractivity contribution in [1.82, 2.24) is 0 Å². The minimum absolute atomic E-state index is 0.156. The summed E-state index contributed by atoms with van der Waals surface area (Å²) in [5, 5.41) is 2.47. The third kappa shape index (κ3) is 2.36. The van der Waals surface area contributed by atoms with Crippen LogP contribution >= 0.6 is 35.4 Å². The fourth-order valence-corrected chi connectivity index (χ4v) is 1.44. The van der Waals surface area contributed by atoms with Gasteiger partial charge in [-0.05, 0) is 24.4 Å². The summed E-state index contributed by atoms with van der Waals surface area (Å²) >= 11 is 15.8. The second-order valence-corrected chi connectivity index (χ2v) is 3.10. The summed E-state index contributed by atoms with van der Waals surface area (Å²) in [5.74, 6) is -0.578. The highest BCUT2D eigenvalue weighted by Gasteiger charge is 2.12. The molecule has 0 atom stereocenters. The Morgan fingerprint density at radius 3 is 2.38 bits per heavy atom. The molecule has 1 amide bonds. The van der Waals surface area contributed by atoms with Crippen LogP contribution in [-0.4, -0.2) is 11.1 Å². The molecule has 0 fully saturated rings. The lowest BCUT2D eigenvalue weighted by Gasteiger charge is -1.99. The van der Waals surface area contributed by atoms with E-state index in [1.165, 1.54) is 0 Å². The molecular formula is C8H3Cl2NOS. The lowest BCUT2D eigenvalue weighted by molar-refractivity contribution is 0.100. The van der Waals surface area contributed by atoms with Gasteiger partial charge in [0.05, 0.1) is 20.8 Å². The molecular weight excluding hydrogens is 229 g/mol. The summed E-state index contributed by atoms with van der Waals surface area (Å²) in [4.78, 5) is 14.5. The van der Waals surface area contributed by atoms with E-state index in [1.807, 2.05) is 5.16 Å². The highest BCUT2D eigenvalue weighted by atomic mass is 35.5. The van der Waals surface area contributed by atoms with E-state index in [1.54, 1.807) is 18.2 Å². The average molecular weight is 232 g/mol. The van der Waals surface area contributed by atoms with Crippen LogP contribution in [0.3, 0.4) is 0 Å². The molecule has 1 rings (SSSR count). The molecule has 0 aliphatic heterocycles. The van der Waals surface area contributed by atoms with E-state index in [0.29, 0.717) is 0 Å². The molecule has 0 saturated carbocycles. The van der Waals surface area contributed by atoms with Gasteiger partial charge in [-0.15, -0.1) is 0 Å². The van der Waals surface area contributed by atoms with Gasteiger partial charge in [-0.2, -0.15) is 4.99 Å². The highest BCUT2D eigenvalue weighted by molar-refractivity contribution is 7.78. The lowest BCUT2D eigenvalue weighted by Crippen LogP contribution is -1.96. The van der Waals surface area contributed by atoms with Gasteiger partial charge in [0.15, 0.2) is 0 Å². The van der Waals surface area contributed by atoms with E-state index in [2.05, 4.69) is 17.2 Å². The van der Waals surface area contributed by atoms with Crippen LogP contribution in [0.2, 0.25) is 10.0 Å². The van der Waals surface area contributed by atoms with E-state index >= 15 is 0 Å². The molecule has 0 bridgehead atoms. The Morgan fingerprint density at radius 1 is 1.38 bits per heavy atom. The second kappa shape index (κ2) is 4.49. The fourth-order valence-electron chi connectivity index (χ4n) is 0.799. The van der Waals surface area contributed by atoms with Crippen LogP contribution in [-0.2, 0) is 0 Å². The fraction of sp³-hybridized carbons (Fsp3) is 0. The zero-order valence-corrected chi connectivity index (χ0v) is 8.58. The van der Waals surface area contributed by atoms with Crippen molar-refractivity contribution < 1.29 is 4.79 Å². The number of benzene rings is 1. The van der Waals surface area contributed by atoms with Crippen LogP contribution in [0.5, 0.6) is 0 Å². The Bertz CT molecular complexity index is 379. The quantitative estimate of drug-likeness (QED) is 0.549. The van der Waals surface area contributed by atoms with Crippen molar-refractivity contribution in [3.05, 3.63) is 33.8 Å². The van der Waals surface area contributed by atoms with Gasteiger partial charge >= 0.3 is 0 Å². The number of carbonyl (C=O) groups excluding carboxylic acids is 1. The van der Waals surface area contributed by atoms with E-state index < -0.39 is 5.91 Å². The maximum absolute atomic E-state index is 11.2. The number of carbonyl (C=O) groups is 1. The van der Waals surface area contributed by atoms with Gasteiger partial charge in [0.2, 0.25) is 0 Å². The van der Waals surface area contributed by atoms with E-state index in [4.69, 9.17) is 23.2 Å². The molecule has 0 N–H and O–H groups in total. The minimum atomic E-state index is -0.578. The van der Waals surface area contributed by atoms with Gasteiger partial charge in [0.25, 0.3) is 5.91 Å². The molecule has 2 nitrogen and oxygen atoms in total. The zero-order valence-electron chi connectivity index (χ0n) is 6.25. The number of rotatable bonds is 1. The molecule has 0 heterocycles. The van der Waals surface area contributed by atoms with Crippen LogP contribution < -0.4 is 0 Å². The van der Waals surface area contributed by atoms with Crippen molar-refractivity contribution in [2.45, 2.75) is 0 Å². The second-order valence-electron chi connectivity index (χ2n) is 2.10. The SMILES string of the molecule is O=C(N=C=S)c1c(Cl)cccc1Cl. The van der Waals surface area contributed by atoms with Crippen molar-refractivity contribution in [3.63, 3.8) is 0 Å². The van der Waals surface area contributed by atoms with E-state index in [-0.39, 0.29) is 15.6 Å². The first-order valence-electron chi connectivity index (χ1n) is 3.23. The van der Waals surface area contributed by atoms with Gasteiger partial charge < -0.3 is 0 Å². The van der Waals surface area contributed by atoms with Crippen LogP contribution in [0, 0.1) is 0 Å². The summed E-state index contributed by atoms with van der Waals surface area (Å²) in [7, 11) is 0. The van der Waals surface area contributed by atoms with Gasteiger partial charge in [0, 0.05) is 0 Å². The number of aliphatic imine (C=N–C) groups is 1. The standard InChI is InChI=1S/C8H3Cl2NOS/c9-5-2-1-3-6(10)7(5)8(12)11-4-13/h1-3H. The Kier molecular flexibility index (Phi) is 3.58. The maximum atomic E-state index is 11.2. The molecule has 66 valence electrons. The predicted molar refractivity (Wildman–Crippen MR) is 55.8 cm³/mol. The van der Waals surface area contributed by atoms with Crippen molar-refractivity contribution in [2.24, 2.45) is 4.99 Å². The number of thiocarbonyl (C=S) groups is 1. The van der Waals surface area contributed by atoms with Crippen LogP contribution in [0.15, 0.2) is 23.2 Å². The van der Waals surface area contributed by atoms with E-state index in [0.717, 1.165) is 0 Å². The summed E-state index contributed by atoms with van der Waals surface area (Å²) < 4.78 is 0. The highest BCUT2D eigenvalue weighted by Crippen LogP contribution is 2.24. The topological polar surface area (TPSA) is 29.4 Å². The molecule has 0 aliphatic carbocycles. The minimum Gasteiger partial charge on any atom is -0.266 e. The largest absolute Gasteiger partial charge is 0.288 e. The number of halogens is 2. The van der Waals surface area contributed by atoms with Gasteiger partial charge in [-0.25, -0.2) is 0 Å². The predicted octanol–water partition coefficient (Wildman–Crippen LogP) is 3.24. The molecule has 1 aromatic rings. The van der Waals surface area contributed by atoms with Gasteiger partial charge in [-0.3, -0.25) is 4.79 Å². The van der Waals surface area contributed by atoms with Crippen molar-refractivity contribution in [2.75, 3.05) is 0 Å². The molecule has 0 unspecified atom stereocenters. The molecule has 13 heavy (non-hydrogen) atoms. The number of hydrogen-bond acceptors (Lipinski definition) is 2. The molecule has 0 radical (unpaired) electrons. The molecule has 1 aromatic carbocycles. The molecule has 0 saturated heterocycles. The van der Waals surface area contributed by atoms with E-state index in [9.17, 15) is 4.79 Å². The number of hydrogen-bond donors (Lipinski definition) is 0. The lowest BCUT2D eigenvalue weighted by atomic mass is 10.2. The summed E-state index contributed by atoms with van der Waals surface area (Å²) in [6.45, 7) is 0. The summed E-state index contributed by atoms with van der Waals surface area (Å²) in [6.07, 6.45) is 0. The molecule has 0 spiro atoms.